The standard InChI is InChI=1S/C25H32N6O2.3ClH/c1-16(2)19-13-18(33-4)14-21-23(19)24(32)28-25(27-21)31-8-7-20-17(15-31)5-6-22(26-20)30-11-9-29(3)10-12-30;;;/h5-6,13-14,16H,7-12,15H2,1-4H3,(H,27,28,32);3*1H. The average Bonchev–Trinajstić information content (AvgIpc) is 2.82. The fourth-order valence-corrected chi connectivity index (χ4v) is 4.78. The molecule has 1 saturated heterocycles. The molecule has 1 N–H and O–H groups in total. The predicted octanol–water partition coefficient (Wildman–Crippen LogP) is 4.03. The van der Waals surface area contributed by atoms with Crippen LogP contribution >= 0.6 is 37.2 Å². The van der Waals surface area contributed by atoms with E-state index in [1.165, 1.54) is 5.56 Å². The van der Waals surface area contributed by atoms with Crippen molar-refractivity contribution in [2.45, 2.75) is 32.7 Å². The fraction of sp³-hybridized carbons (Fsp3) is 0.480. The van der Waals surface area contributed by atoms with Crippen LogP contribution in [0.3, 0.4) is 0 Å². The lowest BCUT2D eigenvalue weighted by Gasteiger charge is -2.34. The second-order valence-electron chi connectivity index (χ2n) is 9.39. The lowest BCUT2D eigenvalue weighted by Crippen LogP contribution is -2.45. The van der Waals surface area contributed by atoms with Crippen LogP contribution in [0.4, 0.5) is 11.8 Å². The molecule has 36 heavy (non-hydrogen) atoms. The number of pyridine rings is 1. The molecule has 4 heterocycles. The Labute approximate surface area is 230 Å². The summed E-state index contributed by atoms with van der Waals surface area (Å²) >= 11 is 0. The number of nitrogens with one attached hydrogen (secondary N) is 1. The predicted molar refractivity (Wildman–Crippen MR) is 153 cm³/mol. The molecule has 1 fully saturated rings. The topological polar surface area (TPSA) is 77.6 Å². The first-order valence-corrected chi connectivity index (χ1v) is 11.7. The molecule has 1 aromatic carbocycles. The third kappa shape index (κ3) is 5.83. The summed E-state index contributed by atoms with van der Waals surface area (Å²) in [4.78, 5) is 32.8. The maximum atomic E-state index is 13.1. The first-order chi connectivity index (χ1) is 15.9. The molecule has 2 aliphatic heterocycles. The van der Waals surface area contributed by atoms with Crippen LogP contribution < -0.4 is 20.1 Å². The van der Waals surface area contributed by atoms with Gasteiger partial charge in [0, 0.05) is 57.4 Å². The average molecular weight is 558 g/mol. The van der Waals surface area contributed by atoms with Crippen LogP contribution in [0.1, 0.15) is 36.6 Å². The fourth-order valence-electron chi connectivity index (χ4n) is 4.78. The molecule has 0 spiro atoms. The number of rotatable bonds is 4. The first-order valence-electron chi connectivity index (χ1n) is 11.7. The van der Waals surface area contributed by atoms with Gasteiger partial charge in [-0.3, -0.25) is 9.78 Å². The number of halogens is 3. The quantitative estimate of drug-likeness (QED) is 0.519. The molecular weight excluding hydrogens is 523 g/mol. The number of hydrogen-bond donors (Lipinski definition) is 1. The van der Waals surface area contributed by atoms with E-state index in [1.54, 1.807) is 7.11 Å². The Bertz CT molecular complexity index is 1240. The molecule has 3 aromatic rings. The number of aromatic nitrogens is 3. The first kappa shape index (κ1) is 30.0. The molecule has 11 heteroatoms. The zero-order valence-corrected chi connectivity index (χ0v) is 23.6. The Morgan fingerprint density at radius 1 is 0.972 bits per heavy atom. The van der Waals surface area contributed by atoms with Crippen molar-refractivity contribution in [3.63, 3.8) is 0 Å². The molecule has 0 radical (unpaired) electrons. The highest BCUT2D eigenvalue weighted by molar-refractivity contribution is 5.86. The van der Waals surface area contributed by atoms with E-state index in [1.807, 2.05) is 12.1 Å². The van der Waals surface area contributed by atoms with Gasteiger partial charge in [-0.25, -0.2) is 9.97 Å². The van der Waals surface area contributed by atoms with Gasteiger partial charge in [0.25, 0.3) is 5.56 Å². The van der Waals surface area contributed by atoms with Crippen molar-refractivity contribution >= 4 is 59.9 Å². The minimum absolute atomic E-state index is 0. The molecule has 2 aromatic heterocycles. The smallest absolute Gasteiger partial charge is 0.260 e. The summed E-state index contributed by atoms with van der Waals surface area (Å²) in [5, 5.41) is 0.644. The van der Waals surface area contributed by atoms with E-state index in [4.69, 9.17) is 14.7 Å². The third-order valence-corrected chi connectivity index (χ3v) is 6.82. The number of aromatic amines is 1. The number of piperazine rings is 1. The summed E-state index contributed by atoms with van der Waals surface area (Å²) in [6, 6.07) is 8.09. The van der Waals surface area contributed by atoms with Gasteiger partial charge < -0.3 is 19.4 Å². The van der Waals surface area contributed by atoms with E-state index in [9.17, 15) is 4.79 Å². The van der Waals surface area contributed by atoms with Crippen molar-refractivity contribution in [2.75, 3.05) is 56.7 Å². The van der Waals surface area contributed by atoms with Gasteiger partial charge in [0.15, 0.2) is 0 Å². The van der Waals surface area contributed by atoms with Crippen LogP contribution in [0.2, 0.25) is 0 Å². The summed E-state index contributed by atoms with van der Waals surface area (Å²) in [7, 11) is 3.81. The number of benzene rings is 1. The van der Waals surface area contributed by atoms with Crippen LogP contribution in [-0.2, 0) is 13.0 Å². The second-order valence-corrected chi connectivity index (χ2v) is 9.39. The molecule has 0 amide bonds. The van der Waals surface area contributed by atoms with Gasteiger partial charge in [0.1, 0.15) is 11.6 Å². The van der Waals surface area contributed by atoms with E-state index in [2.05, 4.69) is 52.7 Å². The minimum Gasteiger partial charge on any atom is -0.497 e. The number of fused-ring (bicyclic) bond motifs is 2. The van der Waals surface area contributed by atoms with Gasteiger partial charge in [0.05, 0.1) is 18.0 Å². The van der Waals surface area contributed by atoms with Crippen LogP contribution in [0.25, 0.3) is 10.9 Å². The second kappa shape index (κ2) is 12.3. The summed E-state index contributed by atoms with van der Waals surface area (Å²) in [5.74, 6) is 2.59. The third-order valence-electron chi connectivity index (χ3n) is 6.82. The number of anilines is 2. The monoisotopic (exact) mass is 556 g/mol. The SMILES string of the molecule is COc1cc(C(C)C)c2c(=O)[nH]c(N3CCc4nc(N5CCN(C)CC5)ccc4C3)nc2c1.Cl.Cl.Cl. The number of nitrogens with zero attached hydrogens (tertiary/aromatic N) is 5. The highest BCUT2D eigenvalue weighted by Crippen LogP contribution is 2.29. The molecular formula is C25H35Cl3N6O2. The Hall–Kier alpha value is -2.26. The van der Waals surface area contributed by atoms with Gasteiger partial charge in [-0.05, 0) is 36.2 Å². The molecule has 2 aliphatic rings. The highest BCUT2D eigenvalue weighted by Gasteiger charge is 2.23. The van der Waals surface area contributed by atoms with Gasteiger partial charge >= 0.3 is 0 Å². The molecule has 8 nitrogen and oxygen atoms in total. The van der Waals surface area contributed by atoms with Crippen LogP contribution in [0.5, 0.6) is 5.75 Å². The lowest BCUT2D eigenvalue weighted by atomic mass is 9.98. The number of likely N-dealkylation sites (N-methyl/N-ethyl adjacent to an activating group) is 1. The normalized spacial score (nSPS) is 15.6. The van der Waals surface area contributed by atoms with Crippen LogP contribution in [0, 0.1) is 0 Å². The molecule has 0 atom stereocenters. The Balaban J connectivity index is 0.00000152. The van der Waals surface area contributed by atoms with Crippen molar-refractivity contribution in [1.82, 2.24) is 19.9 Å². The van der Waals surface area contributed by atoms with Gasteiger partial charge in [-0.2, -0.15) is 0 Å². The summed E-state index contributed by atoms with van der Waals surface area (Å²) < 4.78 is 5.47. The van der Waals surface area contributed by atoms with Crippen molar-refractivity contribution in [2.24, 2.45) is 0 Å². The van der Waals surface area contributed by atoms with Gasteiger partial charge in [-0.15, -0.1) is 37.2 Å². The van der Waals surface area contributed by atoms with Crippen molar-refractivity contribution in [1.29, 1.82) is 0 Å². The van der Waals surface area contributed by atoms with Crippen molar-refractivity contribution in [3.8, 4) is 5.75 Å². The van der Waals surface area contributed by atoms with E-state index in [0.29, 0.717) is 23.4 Å². The summed E-state index contributed by atoms with van der Waals surface area (Å²) in [5.41, 5.74) is 3.86. The molecule has 0 unspecified atom stereocenters. The van der Waals surface area contributed by atoms with Crippen molar-refractivity contribution < 1.29 is 4.74 Å². The summed E-state index contributed by atoms with van der Waals surface area (Å²) in [6.07, 6.45) is 0.827. The molecule has 198 valence electrons. The Kier molecular flexibility index (Phi) is 10.3. The molecule has 0 aliphatic carbocycles. The van der Waals surface area contributed by atoms with Crippen molar-refractivity contribution in [3.05, 3.63) is 51.4 Å². The lowest BCUT2D eigenvalue weighted by molar-refractivity contribution is 0.312. The summed E-state index contributed by atoms with van der Waals surface area (Å²) in [6.45, 7) is 9.76. The minimum atomic E-state index is -0.101. The molecule has 0 saturated carbocycles. The Morgan fingerprint density at radius 2 is 1.69 bits per heavy atom. The number of methoxy groups -OCH3 is 1. The maximum Gasteiger partial charge on any atom is 0.260 e. The maximum absolute atomic E-state index is 13.1. The van der Waals surface area contributed by atoms with Gasteiger partial charge in [-0.1, -0.05) is 19.9 Å². The van der Waals surface area contributed by atoms with E-state index < -0.39 is 0 Å². The zero-order chi connectivity index (χ0) is 23.1. The zero-order valence-electron chi connectivity index (χ0n) is 21.1. The number of hydrogen-bond acceptors (Lipinski definition) is 7. The van der Waals surface area contributed by atoms with Gasteiger partial charge in [0.2, 0.25) is 5.95 Å². The van der Waals surface area contributed by atoms with E-state index in [-0.39, 0.29) is 48.7 Å². The molecule has 0 bridgehead atoms. The van der Waals surface area contributed by atoms with Crippen LogP contribution in [0.15, 0.2) is 29.1 Å². The van der Waals surface area contributed by atoms with E-state index >= 15 is 0 Å². The molecule has 5 rings (SSSR count). The number of ether oxygens (including phenoxy) is 1. The number of H-pyrrole nitrogens is 1. The van der Waals surface area contributed by atoms with E-state index in [0.717, 1.165) is 62.0 Å². The van der Waals surface area contributed by atoms with Crippen LogP contribution in [-0.4, -0.2) is 66.7 Å². The Morgan fingerprint density at radius 3 is 2.36 bits per heavy atom. The highest BCUT2D eigenvalue weighted by atomic mass is 35.5. The largest absolute Gasteiger partial charge is 0.497 e.